The van der Waals surface area contributed by atoms with E-state index in [1.165, 1.54) is 44.1 Å². The van der Waals surface area contributed by atoms with Gasteiger partial charge in [-0.3, -0.25) is 0 Å². The van der Waals surface area contributed by atoms with Crippen LogP contribution in [0.1, 0.15) is 57.1 Å². The Kier molecular flexibility index (Phi) is 4.07. The van der Waals surface area contributed by atoms with E-state index in [-0.39, 0.29) is 0 Å². The Hall–Kier alpha value is -1.02. The van der Waals surface area contributed by atoms with E-state index >= 15 is 0 Å². The summed E-state index contributed by atoms with van der Waals surface area (Å²) in [6, 6.07) is 9.28. The average molecular weight is 259 g/mol. The standard InChI is InChI=1S/C17H25NO/c1-2-11-18-17(13-5-3-6-13)14-7-4-8-16(12-14)19-15-9-10-15/h4,7-8,12-13,15,17-18H,2-3,5-6,9-11H2,1H3. The molecule has 0 aliphatic heterocycles. The van der Waals surface area contributed by atoms with Crippen LogP contribution in [0.5, 0.6) is 5.75 Å². The molecule has 2 heteroatoms. The predicted octanol–water partition coefficient (Wildman–Crippen LogP) is 4.07. The van der Waals surface area contributed by atoms with Crippen molar-refractivity contribution in [2.75, 3.05) is 6.54 Å². The third kappa shape index (κ3) is 3.30. The molecule has 0 radical (unpaired) electrons. The fourth-order valence-electron chi connectivity index (χ4n) is 2.79. The van der Waals surface area contributed by atoms with Gasteiger partial charge in [-0.2, -0.15) is 0 Å². The zero-order valence-corrected chi connectivity index (χ0v) is 11.9. The molecule has 2 aliphatic carbocycles. The van der Waals surface area contributed by atoms with Crippen molar-refractivity contribution in [3.8, 4) is 5.75 Å². The number of rotatable bonds is 7. The molecule has 0 saturated heterocycles. The summed E-state index contributed by atoms with van der Waals surface area (Å²) in [5.41, 5.74) is 1.41. The molecule has 19 heavy (non-hydrogen) atoms. The number of ether oxygens (including phenoxy) is 1. The second-order valence-corrected chi connectivity index (χ2v) is 6.01. The van der Waals surface area contributed by atoms with Crippen LogP contribution in [-0.4, -0.2) is 12.6 Å². The first-order chi connectivity index (χ1) is 9.36. The fourth-order valence-corrected chi connectivity index (χ4v) is 2.79. The lowest BCUT2D eigenvalue weighted by Gasteiger charge is -2.35. The normalized spacial score (nSPS) is 20.9. The Morgan fingerprint density at radius 1 is 1.26 bits per heavy atom. The first kappa shape index (κ1) is 13.0. The SMILES string of the molecule is CCCNC(c1cccc(OC2CC2)c1)C1CCC1. The smallest absolute Gasteiger partial charge is 0.120 e. The Morgan fingerprint density at radius 2 is 2.11 bits per heavy atom. The molecule has 1 atom stereocenters. The van der Waals surface area contributed by atoms with Gasteiger partial charge >= 0.3 is 0 Å². The van der Waals surface area contributed by atoms with Gasteiger partial charge in [0, 0.05) is 6.04 Å². The van der Waals surface area contributed by atoms with Crippen LogP contribution in [0.25, 0.3) is 0 Å². The van der Waals surface area contributed by atoms with Crippen LogP contribution >= 0.6 is 0 Å². The highest BCUT2D eigenvalue weighted by Crippen LogP contribution is 2.38. The Bertz CT molecular complexity index is 409. The topological polar surface area (TPSA) is 21.3 Å². The van der Waals surface area contributed by atoms with E-state index in [1.807, 2.05) is 0 Å². The molecule has 0 spiro atoms. The number of nitrogens with one attached hydrogen (secondary N) is 1. The van der Waals surface area contributed by atoms with Gasteiger partial charge in [0.1, 0.15) is 5.75 Å². The quantitative estimate of drug-likeness (QED) is 0.797. The molecule has 0 aromatic heterocycles. The van der Waals surface area contributed by atoms with Gasteiger partial charge in [-0.25, -0.2) is 0 Å². The van der Waals surface area contributed by atoms with Crippen molar-refractivity contribution in [1.29, 1.82) is 0 Å². The second-order valence-electron chi connectivity index (χ2n) is 6.01. The second kappa shape index (κ2) is 5.96. The summed E-state index contributed by atoms with van der Waals surface area (Å²) in [5.74, 6) is 1.88. The lowest BCUT2D eigenvalue weighted by atomic mass is 9.77. The van der Waals surface area contributed by atoms with Crippen molar-refractivity contribution in [2.24, 2.45) is 5.92 Å². The Balaban J connectivity index is 1.71. The van der Waals surface area contributed by atoms with Crippen molar-refractivity contribution in [3.63, 3.8) is 0 Å². The van der Waals surface area contributed by atoms with Gasteiger partial charge in [0.25, 0.3) is 0 Å². The minimum Gasteiger partial charge on any atom is -0.490 e. The van der Waals surface area contributed by atoms with E-state index in [4.69, 9.17) is 4.74 Å². The summed E-state index contributed by atoms with van der Waals surface area (Å²) in [6.07, 6.45) is 8.27. The van der Waals surface area contributed by atoms with Crippen LogP contribution in [0.15, 0.2) is 24.3 Å². The summed E-state index contributed by atoms with van der Waals surface area (Å²) < 4.78 is 5.92. The molecule has 1 N–H and O–H groups in total. The Morgan fingerprint density at radius 3 is 2.74 bits per heavy atom. The minimum absolute atomic E-state index is 0.487. The molecule has 1 aromatic carbocycles. The molecule has 2 fully saturated rings. The van der Waals surface area contributed by atoms with E-state index in [9.17, 15) is 0 Å². The lowest BCUT2D eigenvalue weighted by molar-refractivity contribution is 0.230. The fraction of sp³-hybridized carbons (Fsp3) is 0.647. The van der Waals surface area contributed by atoms with Crippen LogP contribution in [0.3, 0.4) is 0 Å². The summed E-state index contributed by atoms with van der Waals surface area (Å²) in [7, 11) is 0. The van der Waals surface area contributed by atoms with Crippen LogP contribution in [-0.2, 0) is 0 Å². The van der Waals surface area contributed by atoms with Crippen molar-refractivity contribution in [2.45, 2.75) is 57.6 Å². The van der Waals surface area contributed by atoms with Gasteiger partial charge in [-0.05, 0) is 62.3 Å². The highest BCUT2D eigenvalue weighted by Gasteiger charge is 2.28. The molecule has 1 unspecified atom stereocenters. The maximum absolute atomic E-state index is 5.92. The van der Waals surface area contributed by atoms with Crippen molar-refractivity contribution < 1.29 is 4.74 Å². The summed E-state index contributed by atoms with van der Waals surface area (Å²) in [5, 5.41) is 3.73. The molecular weight excluding hydrogens is 234 g/mol. The van der Waals surface area contributed by atoms with E-state index in [0.29, 0.717) is 12.1 Å². The largest absolute Gasteiger partial charge is 0.490 e. The molecule has 2 saturated carbocycles. The van der Waals surface area contributed by atoms with Gasteiger partial charge in [0.2, 0.25) is 0 Å². The highest BCUT2D eigenvalue weighted by atomic mass is 16.5. The molecule has 0 bridgehead atoms. The van der Waals surface area contributed by atoms with Crippen molar-refractivity contribution >= 4 is 0 Å². The molecule has 0 amide bonds. The number of benzene rings is 1. The third-order valence-corrected chi connectivity index (χ3v) is 4.28. The zero-order valence-electron chi connectivity index (χ0n) is 11.9. The number of hydrogen-bond acceptors (Lipinski definition) is 2. The van der Waals surface area contributed by atoms with Crippen LogP contribution < -0.4 is 10.1 Å². The van der Waals surface area contributed by atoms with Gasteiger partial charge in [0.05, 0.1) is 6.10 Å². The molecule has 104 valence electrons. The molecule has 1 aromatic rings. The van der Waals surface area contributed by atoms with Crippen LogP contribution in [0, 0.1) is 5.92 Å². The zero-order chi connectivity index (χ0) is 13.1. The van der Waals surface area contributed by atoms with Gasteiger partial charge in [-0.15, -0.1) is 0 Å². The molecular formula is C17H25NO. The van der Waals surface area contributed by atoms with Crippen molar-refractivity contribution in [3.05, 3.63) is 29.8 Å². The average Bonchev–Trinajstić information content (AvgIpc) is 3.16. The van der Waals surface area contributed by atoms with Crippen LogP contribution in [0.4, 0.5) is 0 Å². The third-order valence-electron chi connectivity index (χ3n) is 4.28. The lowest BCUT2D eigenvalue weighted by Crippen LogP contribution is -2.32. The first-order valence-corrected chi connectivity index (χ1v) is 7.87. The molecule has 2 aliphatic rings. The van der Waals surface area contributed by atoms with E-state index in [1.54, 1.807) is 0 Å². The number of hydrogen-bond donors (Lipinski definition) is 1. The van der Waals surface area contributed by atoms with Crippen LogP contribution in [0.2, 0.25) is 0 Å². The van der Waals surface area contributed by atoms with E-state index < -0.39 is 0 Å². The summed E-state index contributed by atoms with van der Waals surface area (Å²) >= 11 is 0. The summed E-state index contributed by atoms with van der Waals surface area (Å²) in [4.78, 5) is 0. The Labute approximate surface area is 116 Å². The van der Waals surface area contributed by atoms with Gasteiger partial charge in [0.15, 0.2) is 0 Å². The molecule has 3 rings (SSSR count). The van der Waals surface area contributed by atoms with E-state index in [0.717, 1.165) is 18.2 Å². The van der Waals surface area contributed by atoms with Gasteiger partial charge < -0.3 is 10.1 Å². The van der Waals surface area contributed by atoms with Crippen molar-refractivity contribution in [1.82, 2.24) is 5.32 Å². The minimum atomic E-state index is 0.487. The molecule has 2 nitrogen and oxygen atoms in total. The summed E-state index contributed by atoms with van der Waals surface area (Å²) in [6.45, 7) is 3.34. The maximum atomic E-state index is 5.92. The monoisotopic (exact) mass is 259 g/mol. The first-order valence-electron chi connectivity index (χ1n) is 7.87. The van der Waals surface area contributed by atoms with Gasteiger partial charge in [-0.1, -0.05) is 25.5 Å². The molecule has 0 heterocycles. The maximum Gasteiger partial charge on any atom is 0.120 e. The highest BCUT2D eigenvalue weighted by molar-refractivity contribution is 5.31. The van der Waals surface area contributed by atoms with E-state index in [2.05, 4.69) is 36.5 Å². The predicted molar refractivity (Wildman–Crippen MR) is 78.5 cm³/mol.